The van der Waals surface area contributed by atoms with Gasteiger partial charge in [-0.05, 0) is 47.5 Å². The summed E-state index contributed by atoms with van der Waals surface area (Å²) in [6.45, 7) is 0.875. The smallest absolute Gasteiger partial charge is 0.267 e. The van der Waals surface area contributed by atoms with Crippen molar-refractivity contribution in [2.45, 2.75) is 19.5 Å². The van der Waals surface area contributed by atoms with Crippen LogP contribution in [0.4, 0.5) is 14.6 Å². The van der Waals surface area contributed by atoms with E-state index in [2.05, 4.69) is 4.98 Å². The molecule has 0 atom stereocenters. The third-order valence-electron chi connectivity index (χ3n) is 4.42. The lowest BCUT2D eigenvalue weighted by Crippen LogP contribution is -2.24. The summed E-state index contributed by atoms with van der Waals surface area (Å²) in [5, 5.41) is 0. The largest absolute Gasteiger partial charge is 0.497 e. The lowest BCUT2D eigenvalue weighted by Gasteiger charge is -2.26. The molecule has 0 radical (unpaired) electrons. The predicted octanol–water partition coefficient (Wildman–Crippen LogP) is 5.24. The maximum absolute atomic E-state index is 13.6. The zero-order chi connectivity index (χ0) is 19.9. The fourth-order valence-electron chi connectivity index (χ4n) is 2.95. The van der Waals surface area contributed by atoms with Crippen LogP contribution in [0.1, 0.15) is 23.1 Å². The standard InChI is InChI=1S/C22H22F2N2O2/c1-27-18-9-5-16(6-10-18)14-26(15-17-7-11-19(28-2)12-8-17)22-20(21(23)24)4-3-13-25-22/h3-13,21H,14-15H2,1-2H3. The van der Waals surface area contributed by atoms with Crippen LogP contribution in [0.25, 0.3) is 0 Å². The van der Waals surface area contributed by atoms with Crippen molar-refractivity contribution < 1.29 is 18.3 Å². The Labute approximate surface area is 163 Å². The first-order valence-electron chi connectivity index (χ1n) is 8.84. The molecule has 4 nitrogen and oxygen atoms in total. The number of ether oxygens (including phenoxy) is 2. The third kappa shape index (κ3) is 4.76. The van der Waals surface area contributed by atoms with Crippen LogP contribution in [0.2, 0.25) is 0 Å². The van der Waals surface area contributed by atoms with Crippen LogP contribution in [0, 0.1) is 0 Å². The third-order valence-corrected chi connectivity index (χ3v) is 4.42. The molecule has 6 heteroatoms. The fourth-order valence-corrected chi connectivity index (χ4v) is 2.95. The number of methoxy groups -OCH3 is 2. The van der Waals surface area contributed by atoms with Gasteiger partial charge in [0, 0.05) is 19.3 Å². The number of aromatic nitrogens is 1. The van der Waals surface area contributed by atoms with Crippen molar-refractivity contribution in [2.75, 3.05) is 19.1 Å². The van der Waals surface area contributed by atoms with E-state index in [1.165, 1.54) is 18.3 Å². The molecule has 0 aliphatic carbocycles. The number of halogens is 2. The molecule has 146 valence electrons. The number of anilines is 1. The molecule has 0 amide bonds. The average molecular weight is 384 g/mol. The number of hydrogen-bond donors (Lipinski definition) is 0. The zero-order valence-electron chi connectivity index (χ0n) is 15.8. The van der Waals surface area contributed by atoms with Crippen molar-refractivity contribution in [3.8, 4) is 11.5 Å². The second-order valence-electron chi connectivity index (χ2n) is 6.27. The van der Waals surface area contributed by atoms with E-state index in [9.17, 15) is 8.78 Å². The minimum absolute atomic E-state index is 0.0791. The Bertz CT molecular complexity index is 834. The summed E-state index contributed by atoms with van der Waals surface area (Å²) in [4.78, 5) is 6.11. The van der Waals surface area contributed by atoms with Crippen LogP contribution in [0.5, 0.6) is 11.5 Å². The van der Waals surface area contributed by atoms with E-state index < -0.39 is 6.43 Å². The zero-order valence-corrected chi connectivity index (χ0v) is 15.8. The summed E-state index contributed by atoms with van der Waals surface area (Å²) >= 11 is 0. The normalized spacial score (nSPS) is 10.8. The molecule has 3 aromatic rings. The Morgan fingerprint density at radius 3 is 1.75 bits per heavy atom. The Morgan fingerprint density at radius 2 is 1.32 bits per heavy atom. The van der Waals surface area contributed by atoms with Crippen molar-refractivity contribution in [2.24, 2.45) is 0 Å². The molecular formula is C22H22F2N2O2. The lowest BCUT2D eigenvalue weighted by atomic mass is 10.1. The molecule has 1 aromatic heterocycles. The predicted molar refractivity (Wildman–Crippen MR) is 105 cm³/mol. The van der Waals surface area contributed by atoms with Crippen LogP contribution in [0.3, 0.4) is 0 Å². The SMILES string of the molecule is COc1ccc(CN(Cc2ccc(OC)cc2)c2ncccc2C(F)F)cc1. The minimum atomic E-state index is -2.60. The summed E-state index contributed by atoms with van der Waals surface area (Å²) < 4.78 is 37.5. The maximum atomic E-state index is 13.6. The summed E-state index contributed by atoms with van der Waals surface area (Å²) in [6.07, 6.45) is -1.06. The fraction of sp³-hybridized carbons (Fsp3) is 0.227. The molecule has 0 bridgehead atoms. The molecule has 0 saturated carbocycles. The van der Waals surface area contributed by atoms with Crippen molar-refractivity contribution in [1.82, 2.24) is 4.98 Å². The van der Waals surface area contributed by atoms with Crippen molar-refractivity contribution in [1.29, 1.82) is 0 Å². The van der Waals surface area contributed by atoms with Crippen molar-refractivity contribution >= 4 is 5.82 Å². The van der Waals surface area contributed by atoms with Gasteiger partial charge in [-0.1, -0.05) is 24.3 Å². The topological polar surface area (TPSA) is 34.6 Å². The molecule has 0 fully saturated rings. The summed E-state index contributed by atoms with van der Waals surface area (Å²) in [5.41, 5.74) is 1.87. The highest BCUT2D eigenvalue weighted by Gasteiger charge is 2.19. The maximum Gasteiger partial charge on any atom is 0.267 e. The molecule has 0 N–H and O–H groups in total. The first-order chi connectivity index (χ1) is 13.6. The molecule has 0 saturated heterocycles. The Hall–Kier alpha value is -3.15. The van der Waals surface area contributed by atoms with Crippen LogP contribution in [-0.2, 0) is 13.1 Å². The summed E-state index contributed by atoms with van der Waals surface area (Å²) in [5.74, 6) is 1.78. The first kappa shape index (κ1) is 19.6. The van der Waals surface area contributed by atoms with Crippen LogP contribution in [-0.4, -0.2) is 19.2 Å². The number of pyridine rings is 1. The van der Waals surface area contributed by atoms with Crippen LogP contribution >= 0.6 is 0 Å². The number of hydrogen-bond acceptors (Lipinski definition) is 4. The van der Waals surface area contributed by atoms with Gasteiger partial charge in [0.05, 0.1) is 19.8 Å². The second kappa shape index (κ2) is 9.17. The quantitative estimate of drug-likeness (QED) is 0.532. The van der Waals surface area contributed by atoms with Gasteiger partial charge in [-0.3, -0.25) is 0 Å². The Balaban J connectivity index is 1.92. The van der Waals surface area contributed by atoms with E-state index in [0.717, 1.165) is 22.6 Å². The van der Waals surface area contributed by atoms with Gasteiger partial charge in [-0.2, -0.15) is 0 Å². The van der Waals surface area contributed by atoms with Crippen molar-refractivity contribution in [3.05, 3.63) is 83.6 Å². The Morgan fingerprint density at radius 1 is 0.821 bits per heavy atom. The van der Waals surface area contributed by atoms with Crippen molar-refractivity contribution in [3.63, 3.8) is 0 Å². The molecular weight excluding hydrogens is 362 g/mol. The molecule has 2 aromatic carbocycles. The van der Waals surface area contributed by atoms with Gasteiger partial charge in [-0.15, -0.1) is 0 Å². The minimum Gasteiger partial charge on any atom is -0.497 e. The highest BCUT2D eigenvalue weighted by atomic mass is 19.3. The van der Waals surface area contributed by atoms with Gasteiger partial charge in [0.1, 0.15) is 17.3 Å². The Kier molecular flexibility index (Phi) is 6.42. The molecule has 0 aliphatic heterocycles. The molecule has 0 unspecified atom stereocenters. The molecule has 28 heavy (non-hydrogen) atoms. The van der Waals surface area contributed by atoms with Gasteiger partial charge in [0.15, 0.2) is 0 Å². The van der Waals surface area contributed by atoms with Gasteiger partial charge < -0.3 is 14.4 Å². The monoisotopic (exact) mass is 384 g/mol. The van der Waals surface area contributed by atoms with Gasteiger partial charge in [0.25, 0.3) is 6.43 Å². The molecule has 0 aliphatic rings. The average Bonchev–Trinajstić information content (AvgIpc) is 2.74. The molecule has 0 spiro atoms. The van der Waals surface area contributed by atoms with Gasteiger partial charge in [-0.25, -0.2) is 13.8 Å². The van der Waals surface area contributed by atoms with E-state index in [1.807, 2.05) is 53.4 Å². The van der Waals surface area contributed by atoms with Crippen LogP contribution < -0.4 is 14.4 Å². The van der Waals surface area contributed by atoms with E-state index in [4.69, 9.17) is 9.47 Å². The van der Waals surface area contributed by atoms with E-state index in [0.29, 0.717) is 13.1 Å². The number of rotatable bonds is 8. The molecule has 3 rings (SSSR count). The van der Waals surface area contributed by atoms with Gasteiger partial charge >= 0.3 is 0 Å². The number of nitrogens with zero attached hydrogens (tertiary/aromatic N) is 2. The van der Waals surface area contributed by atoms with E-state index >= 15 is 0 Å². The van der Waals surface area contributed by atoms with E-state index in [-0.39, 0.29) is 11.4 Å². The highest BCUT2D eigenvalue weighted by molar-refractivity contribution is 5.49. The lowest BCUT2D eigenvalue weighted by molar-refractivity contribution is 0.151. The highest BCUT2D eigenvalue weighted by Crippen LogP contribution is 2.30. The summed E-state index contributed by atoms with van der Waals surface area (Å²) in [7, 11) is 3.21. The number of benzene rings is 2. The number of alkyl halides is 2. The summed E-state index contributed by atoms with van der Waals surface area (Å²) in [6, 6.07) is 18.1. The second-order valence-corrected chi connectivity index (χ2v) is 6.27. The van der Waals surface area contributed by atoms with E-state index in [1.54, 1.807) is 14.2 Å². The molecule has 1 heterocycles. The first-order valence-corrected chi connectivity index (χ1v) is 8.84. The van der Waals surface area contributed by atoms with Gasteiger partial charge in [0.2, 0.25) is 0 Å². The van der Waals surface area contributed by atoms with Crippen LogP contribution in [0.15, 0.2) is 66.9 Å².